The maximum Gasteiger partial charge on any atom is 0.0446 e. The molecule has 0 aromatic heterocycles. The zero-order valence-corrected chi connectivity index (χ0v) is 13.6. The van der Waals surface area contributed by atoms with Gasteiger partial charge in [-0.25, -0.2) is 0 Å². The Morgan fingerprint density at radius 1 is 1.00 bits per heavy atom. The Hall–Kier alpha value is -1.64. The van der Waals surface area contributed by atoms with Crippen molar-refractivity contribution in [1.29, 1.82) is 0 Å². The summed E-state index contributed by atoms with van der Waals surface area (Å²) in [5.41, 5.74) is 5.35. The lowest BCUT2D eigenvalue weighted by atomic mass is 10.0. The summed E-state index contributed by atoms with van der Waals surface area (Å²) >= 11 is 0. The lowest BCUT2D eigenvalue weighted by Gasteiger charge is -2.24. The van der Waals surface area contributed by atoms with Crippen LogP contribution in [0.5, 0.6) is 0 Å². The van der Waals surface area contributed by atoms with E-state index in [0.717, 1.165) is 13.1 Å². The molecule has 2 heteroatoms. The van der Waals surface area contributed by atoms with Gasteiger partial charge in [0.2, 0.25) is 0 Å². The van der Waals surface area contributed by atoms with Gasteiger partial charge in [-0.3, -0.25) is 0 Å². The van der Waals surface area contributed by atoms with Crippen LogP contribution in [0.1, 0.15) is 28.3 Å². The van der Waals surface area contributed by atoms with Gasteiger partial charge in [0.1, 0.15) is 0 Å². The minimum atomic E-state index is 0.361. The van der Waals surface area contributed by atoms with Crippen LogP contribution >= 0.6 is 0 Å². The van der Waals surface area contributed by atoms with E-state index in [4.69, 9.17) is 0 Å². The predicted molar refractivity (Wildman–Crippen MR) is 90.5 cm³/mol. The second-order valence-electron chi connectivity index (χ2n) is 5.94. The number of nitrogens with one attached hydrogen (secondary N) is 1. The van der Waals surface area contributed by atoms with Crippen molar-refractivity contribution in [2.24, 2.45) is 0 Å². The van der Waals surface area contributed by atoms with Crippen LogP contribution in [-0.4, -0.2) is 25.5 Å². The molecule has 1 atom stereocenters. The molecular formula is C19H26N2. The van der Waals surface area contributed by atoms with Gasteiger partial charge >= 0.3 is 0 Å². The maximum atomic E-state index is 3.42. The van der Waals surface area contributed by atoms with Crippen LogP contribution in [0.15, 0.2) is 48.5 Å². The van der Waals surface area contributed by atoms with E-state index in [9.17, 15) is 0 Å². The Labute approximate surface area is 128 Å². The van der Waals surface area contributed by atoms with E-state index in [1.807, 2.05) is 7.05 Å². The Morgan fingerprint density at radius 3 is 2.33 bits per heavy atom. The molecule has 0 aliphatic heterocycles. The normalized spacial score (nSPS) is 12.6. The molecule has 2 rings (SSSR count). The molecule has 0 amide bonds. The van der Waals surface area contributed by atoms with Gasteiger partial charge in [0.25, 0.3) is 0 Å². The van der Waals surface area contributed by atoms with Crippen LogP contribution in [0.2, 0.25) is 0 Å². The van der Waals surface area contributed by atoms with Crippen molar-refractivity contribution < 1.29 is 0 Å². The fourth-order valence-corrected chi connectivity index (χ4v) is 2.66. The standard InChI is InChI=1S/C19H26N2/c1-15-8-10-18(11-9-15)19(20-3)14-21(4)13-17-7-5-6-16(2)12-17/h5-12,19-20H,13-14H2,1-4H3. The number of benzene rings is 2. The average Bonchev–Trinajstić information content (AvgIpc) is 2.46. The van der Waals surface area contributed by atoms with Crippen molar-refractivity contribution >= 4 is 0 Å². The molecule has 0 radical (unpaired) electrons. The fourth-order valence-electron chi connectivity index (χ4n) is 2.66. The van der Waals surface area contributed by atoms with Crippen LogP contribution in [0, 0.1) is 13.8 Å². The highest BCUT2D eigenvalue weighted by Gasteiger charge is 2.12. The van der Waals surface area contributed by atoms with E-state index in [0.29, 0.717) is 6.04 Å². The molecule has 112 valence electrons. The van der Waals surface area contributed by atoms with E-state index in [1.54, 1.807) is 0 Å². The summed E-state index contributed by atoms with van der Waals surface area (Å²) in [6.45, 7) is 6.24. The fraction of sp³-hybridized carbons (Fsp3) is 0.368. The minimum absolute atomic E-state index is 0.361. The third kappa shape index (κ3) is 4.69. The summed E-state index contributed by atoms with van der Waals surface area (Å²) in [4.78, 5) is 2.37. The third-order valence-electron chi connectivity index (χ3n) is 3.86. The van der Waals surface area contributed by atoms with Crippen LogP contribution < -0.4 is 5.32 Å². The summed E-state index contributed by atoms with van der Waals surface area (Å²) in [6.07, 6.45) is 0. The first-order valence-corrected chi connectivity index (χ1v) is 7.56. The van der Waals surface area contributed by atoms with Crippen molar-refractivity contribution in [2.75, 3.05) is 20.6 Å². The molecule has 0 heterocycles. The molecule has 1 unspecified atom stereocenters. The largest absolute Gasteiger partial charge is 0.312 e. The van der Waals surface area contributed by atoms with Crippen molar-refractivity contribution in [3.05, 3.63) is 70.8 Å². The quantitative estimate of drug-likeness (QED) is 0.869. The highest BCUT2D eigenvalue weighted by Crippen LogP contribution is 2.16. The maximum absolute atomic E-state index is 3.42. The third-order valence-corrected chi connectivity index (χ3v) is 3.86. The molecule has 1 N–H and O–H groups in total. The Balaban J connectivity index is 1.99. The van der Waals surface area contributed by atoms with Gasteiger partial charge in [-0.2, -0.15) is 0 Å². The van der Waals surface area contributed by atoms with Crippen molar-refractivity contribution in [1.82, 2.24) is 10.2 Å². The zero-order valence-electron chi connectivity index (χ0n) is 13.6. The van der Waals surface area contributed by atoms with Crippen molar-refractivity contribution in [3.63, 3.8) is 0 Å². The Kier molecular flexibility index (Phi) is 5.54. The van der Waals surface area contributed by atoms with Crippen molar-refractivity contribution in [2.45, 2.75) is 26.4 Å². The Morgan fingerprint density at radius 2 is 1.71 bits per heavy atom. The first-order chi connectivity index (χ1) is 10.1. The summed E-state index contributed by atoms with van der Waals surface area (Å²) in [6, 6.07) is 17.9. The highest BCUT2D eigenvalue weighted by molar-refractivity contribution is 5.25. The first-order valence-electron chi connectivity index (χ1n) is 7.56. The molecule has 0 saturated heterocycles. The van der Waals surface area contributed by atoms with E-state index in [1.165, 1.54) is 22.3 Å². The van der Waals surface area contributed by atoms with Crippen LogP contribution in [0.25, 0.3) is 0 Å². The number of aryl methyl sites for hydroxylation is 2. The number of hydrogen-bond acceptors (Lipinski definition) is 2. The summed E-state index contributed by atoms with van der Waals surface area (Å²) in [5.74, 6) is 0. The molecule has 2 nitrogen and oxygen atoms in total. The average molecular weight is 282 g/mol. The number of nitrogens with zero attached hydrogens (tertiary/aromatic N) is 1. The second-order valence-corrected chi connectivity index (χ2v) is 5.94. The minimum Gasteiger partial charge on any atom is -0.312 e. The van der Waals surface area contributed by atoms with Crippen LogP contribution in [0.3, 0.4) is 0 Å². The summed E-state index contributed by atoms with van der Waals surface area (Å²) in [7, 11) is 4.21. The van der Waals surface area contributed by atoms with E-state index >= 15 is 0 Å². The van der Waals surface area contributed by atoms with E-state index in [2.05, 4.69) is 79.6 Å². The van der Waals surface area contributed by atoms with Gasteiger partial charge in [0.15, 0.2) is 0 Å². The molecular weight excluding hydrogens is 256 g/mol. The lowest BCUT2D eigenvalue weighted by molar-refractivity contribution is 0.289. The molecule has 0 aliphatic rings. The topological polar surface area (TPSA) is 15.3 Å². The molecule has 2 aromatic carbocycles. The highest BCUT2D eigenvalue weighted by atomic mass is 15.1. The monoisotopic (exact) mass is 282 g/mol. The van der Waals surface area contributed by atoms with Gasteiger partial charge in [-0.1, -0.05) is 59.7 Å². The van der Waals surface area contributed by atoms with Gasteiger partial charge in [0, 0.05) is 19.1 Å². The summed E-state index contributed by atoms with van der Waals surface area (Å²) < 4.78 is 0. The molecule has 2 aromatic rings. The van der Waals surface area contributed by atoms with E-state index < -0.39 is 0 Å². The predicted octanol–water partition coefficient (Wildman–Crippen LogP) is 3.70. The molecule has 0 bridgehead atoms. The first kappa shape index (κ1) is 15.7. The summed E-state index contributed by atoms with van der Waals surface area (Å²) in [5, 5.41) is 3.42. The smallest absolute Gasteiger partial charge is 0.0446 e. The molecule has 0 spiro atoms. The molecule has 21 heavy (non-hydrogen) atoms. The van der Waals surface area contributed by atoms with Gasteiger partial charge in [-0.05, 0) is 39.1 Å². The molecule has 0 fully saturated rings. The number of likely N-dealkylation sites (N-methyl/N-ethyl adjacent to an activating group) is 2. The van der Waals surface area contributed by atoms with Gasteiger partial charge in [0.05, 0.1) is 0 Å². The number of rotatable bonds is 6. The molecule has 0 saturated carbocycles. The second kappa shape index (κ2) is 7.39. The van der Waals surface area contributed by atoms with Crippen LogP contribution in [0.4, 0.5) is 0 Å². The van der Waals surface area contributed by atoms with E-state index in [-0.39, 0.29) is 0 Å². The zero-order chi connectivity index (χ0) is 15.2. The lowest BCUT2D eigenvalue weighted by Crippen LogP contribution is -2.31. The van der Waals surface area contributed by atoms with Crippen LogP contribution in [-0.2, 0) is 6.54 Å². The SMILES string of the molecule is CNC(CN(C)Cc1cccc(C)c1)c1ccc(C)cc1. The van der Waals surface area contributed by atoms with Gasteiger partial charge < -0.3 is 10.2 Å². The van der Waals surface area contributed by atoms with Gasteiger partial charge in [-0.15, -0.1) is 0 Å². The molecule has 0 aliphatic carbocycles. The Bertz CT molecular complexity index is 560. The number of hydrogen-bond donors (Lipinski definition) is 1. The van der Waals surface area contributed by atoms with Crippen molar-refractivity contribution in [3.8, 4) is 0 Å².